The summed E-state index contributed by atoms with van der Waals surface area (Å²) in [6, 6.07) is 4.02. The Hall–Kier alpha value is -1.66. The van der Waals surface area contributed by atoms with Gasteiger partial charge in [0, 0.05) is 31.8 Å². The van der Waals surface area contributed by atoms with Crippen molar-refractivity contribution in [3.63, 3.8) is 0 Å². The highest BCUT2D eigenvalue weighted by Crippen LogP contribution is 2.31. The molecule has 1 saturated carbocycles. The molecule has 2 atom stereocenters. The van der Waals surface area contributed by atoms with Gasteiger partial charge in [0.15, 0.2) is 0 Å². The number of H-pyrrole nitrogens is 1. The molecule has 0 spiro atoms. The third-order valence-corrected chi connectivity index (χ3v) is 6.53. The number of aromatic nitrogens is 2. The van der Waals surface area contributed by atoms with Crippen molar-refractivity contribution in [1.82, 2.24) is 14.5 Å². The first-order chi connectivity index (χ1) is 13.6. The van der Waals surface area contributed by atoms with Gasteiger partial charge in [0.1, 0.15) is 5.82 Å². The third kappa shape index (κ3) is 3.90. The number of ether oxygens (including phenoxy) is 1. The van der Waals surface area contributed by atoms with Crippen LogP contribution >= 0.6 is 0 Å². The van der Waals surface area contributed by atoms with Gasteiger partial charge < -0.3 is 14.6 Å². The molecule has 2 heterocycles. The van der Waals surface area contributed by atoms with Crippen LogP contribution in [0.3, 0.4) is 0 Å². The highest BCUT2D eigenvalue weighted by molar-refractivity contribution is 5.76. The minimum absolute atomic E-state index is 0.121. The van der Waals surface area contributed by atoms with E-state index in [9.17, 15) is 9.18 Å². The van der Waals surface area contributed by atoms with E-state index in [1.807, 2.05) is 4.57 Å². The lowest BCUT2D eigenvalue weighted by Gasteiger charge is -2.41. The second-order valence-corrected chi connectivity index (χ2v) is 8.50. The number of aromatic amines is 1. The van der Waals surface area contributed by atoms with E-state index in [1.54, 1.807) is 13.0 Å². The van der Waals surface area contributed by atoms with Crippen LogP contribution in [-0.2, 0) is 4.74 Å². The number of nitrogens with one attached hydrogen (secondary N) is 1. The second kappa shape index (κ2) is 8.37. The summed E-state index contributed by atoms with van der Waals surface area (Å²) in [5.41, 5.74) is 1.88. The highest BCUT2D eigenvalue weighted by atomic mass is 19.1. The Bertz CT molecular complexity index is 867. The van der Waals surface area contributed by atoms with Crippen molar-refractivity contribution in [3.8, 4) is 0 Å². The zero-order chi connectivity index (χ0) is 19.7. The molecule has 1 aliphatic carbocycles. The predicted molar refractivity (Wildman–Crippen MR) is 109 cm³/mol. The fourth-order valence-electron chi connectivity index (χ4n) is 5.01. The van der Waals surface area contributed by atoms with Crippen LogP contribution in [0.5, 0.6) is 0 Å². The maximum absolute atomic E-state index is 13.8. The van der Waals surface area contributed by atoms with Gasteiger partial charge in [-0.05, 0) is 69.6 Å². The van der Waals surface area contributed by atoms with Gasteiger partial charge in [0.2, 0.25) is 0 Å². The van der Waals surface area contributed by atoms with Crippen molar-refractivity contribution in [2.45, 2.75) is 77.0 Å². The fraction of sp³-hybridized carbons (Fsp3) is 0.682. The van der Waals surface area contributed by atoms with Crippen LogP contribution < -0.4 is 5.69 Å². The maximum atomic E-state index is 13.8. The van der Waals surface area contributed by atoms with Crippen LogP contribution in [0, 0.1) is 12.7 Å². The van der Waals surface area contributed by atoms with Gasteiger partial charge in [-0.2, -0.15) is 0 Å². The van der Waals surface area contributed by atoms with E-state index in [-0.39, 0.29) is 17.5 Å². The number of aryl methyl sites for hydroxylation is 1. The van der Waals surface area contributed by atoms with Crippen LogP contribution in [-0.4, -0.2) is 46.3 Å². The van der Waals surface area contributed by atoms with E-state index in [1.165, 1.54) is 25.3 Å². The number of nitrogens with zero attached hydrogens (tertiary/aromatic N) is 2. The number of hydrogen-bond donors (Lipinski definition) is 1. The van der Waals surface area contributed by atoms with E-state index < -0.39 is 0 Å². The topological polar surface area (TPSA) is 50.3 Å². The van der Waals surface area contributed by atoms with E-state index >= 15 is 0 Å². The molecular formula is C22H32FN3O2. The van der Waals surface area contributed by atoms with Gasteiger partial charge in [-0.25, -0.2) is 9.18 Å². The molecule has 1 aromatic carbocycles. The number of piperidine rings is 1. The van der Waals surface area contributed by atoms with Gasteiger partial charge in [-0.3, -0.25) is 4.57 Å². The van der Waals surface area contributed by atoms with Gasteiger partial charge in [0.05, 0.1) is 17.1 Å². The number of benzene rings is 1. The standard InChI is InChI=1S/C22H32FN3O2/c1-3-11-28-18-6-4-5-17(13-18)25-9-7-16(8-10-25)26-21-12-15(2)19(23)14-20(21)24-22(26)27/h12,14,16-18H,3-11,13H2,1-2H3,(H,24,27)/t17-,18+/m0/s1. The molecule has 2 aromatic rings. The number of hydrogen-bond acceptors (Lipinski definition) is 3. The molecule has 1 aliphatic heterocycles. The summed E-state index contributed by atoms with van der Waals surface area (Å²) >= 11 is 0. The molecule has 5 nitrogen and oxygen atoms in total. The average Bonchev–Trinajstić information content (AvgIpc) is 3.01. The lowest BCUT2D eigenvalue weighted by Crippen LogP contribution is -2.46. The van der Waals surface area contributed by atoms with Crippen LogP contribution in [0.4, 0.5) is 4.39 Å². The van der Waals surface area contributed by atoms with Gasteiger partial charge in [-0.15, -0.1) is 0 Å². The van der Waals surface area contributed by atoms with Crippen molar-refractivity contribution in [1.29, 1.82) is 0 Å². The maximum Gasteiger partial charge on any atom is 0.326 e. The Morgan fingerprint density at radius 2 is 1.96 bits per heavy atom. The summed E-state index contributed by atoms with van der Waals surface area (Å²) in [4.78, 5) is 18.0. The van der Waals surface area contributed by atoms with Crippen molar-refractivity contribution in [2.75, 3.05) is 19.7 Å². The zero-order valence-corrected chi connectivity index (χ0v) is 17.0. The molecule has 6 heteroatoms. The number of rotatable bonds is 5. The van der Waals surface area contributed by atoms with Crippen LogP contribution in [0.2, 0.25) is 0 Å². The molecule has 0 unspecified atom stereocenters. The third-order valence-electron chi connectivity index (χ3n) is 6.53. The van der Waals surface area contributed by atoms with Crippen LogP contribution in [0.25, 0.3) is 11.0 Å². The van der Waals surface area contributed by atoms with E-state index in [0.29, 0.717) is 23.2 Å². The predicted octanol–water partition coefficient (Wildman–Crippen LogP) is 4.15. The average molecular weight is 390 g/mol. The number of halogens is 1. The molecule has 0 bridgehead atoms. The molecule has 0 amide bonds. The quantitative estimate of drug-likeness (QED) is 0.836. The number of fused-ring (bicyclic) bond motifs is 1. The monoisotopic (exact) mass is 389 g/mol. The van der Waals surface area contributed by atoms with Gasteiger partial charge in [0.25, 0.3) is 0 Å². The Morgan fingerprint density at radius 1 is 1.18 bits per heavy atom. The smallest absolute Gasteiger partial charge is 0.326 e. The van der Waals surface area contributed by atoms with E-state index in [0.717, 1.165) is 50.9 Å². The Kier molecular flexibility index (Phi) is 5.88. The molecule has 4 rings (SSSR count). The fourth-order valence-corrected chi connectivity index (χ4v) is 5.01. The molecule has 0 radical (unpaired) electrons. The lowest BCUT2D eigenvalue weighted by molar-refractivity contribution is -0.00714. The first-order valence-electron chi connectivity index (χ1n) is 10.8. The minimum atomic E-state index is -0.270. The van der Waals surface area contributed by atoms with Crippen LogP contribution in [0.15, 0.2) is 16.9 Å². The van der Waals surface area contributed by atoms with Gasteiger partial charge >= 0.3 is 5.69 Å². The minimum Gasteiger partial charge on any atom is -0.378 e. The Morgan fingerprint density at radius 3 is 2.71 bits per heavy atom. The van der Waals surface area contributed by atoms with Gasteiger partial charge in [-0.1, -0.05) is 6.92 Å². The van der Waals surface area contributed by atoms with E-state index in [2.05, 4.69) is 16.8 Å². The normalized spacial score (nSPS) is 24.8. The largest absolute Gasteiger partial charge is 0.378 e. The molecule has 154 valence electrons. The molecule has 1 N–H and O–H groups in total. The Balaban J connectivity index is 1.43. The van der Waals surface area contributed by atoms with Crippen LogP contribution in [0.1, 0.15) is 63.5 Å². The number of likely N-dealkylation sites (tertiary alicyclic amines) is 1. The van der Waals surface area contributed by atoms with E-state index in [4.69, 9.17) is 4.74 Å². The van der Waals surface area contributed by atoms with Crippen molar-refractivity contribution >= 4 is 11.0 Å². The molecule has 2 fully saturated rings. The first kappa shape index (κ1) is 19.6. The lowest BCUT2D eigenvalue weighted by atomic mass is 9.90. The summed E-state index contributed by atoms with van der Waals surface area (Å²) in [6.45, 7) is 6.79. The highest BCUT2D eigenvalue weighted by Gasteiger charge is 2.31. The summed E-state index contributed by atoms with van der Waals surface area (Å²) < 4.78 is 21.7. The zero-order valence-electron chi connectivity index (χ0n) is 17.0. The Labute approximate surface area is 165 Å². The summed E-state index contributed by atoms with van der Waals surface area (Å²) in [5, 5.41) is 0. The summed E-state index contributed by atoms with van der Waals surface area (Å²) in [6.07, 6.45) is 8.22. The molecular weight excluding hydrogens is 357 g/mol. The molecule has 1 aromatic heterocycles. The number of imidazole rings is 1. The first-order valence-corrected chi connectivity index (χ1v) is 10.8. The van der Waals surface area contributed by atoms with Crippen molar-refractivity contribution in [3.05, 3.63) is 34.0 Å². The second-order valence-electron chi connectivity index (χ2n) is 8.50. The molecule has 2 aliphatic rings. The molecule has 1 saturated heterocycles. The van der Waals surface area contributed by atoms with Crippen molar-refractivity contribution < 1.29 is 9.13 Å². The summed E-state index contributed by atoms with van der Waals surface area (Å²) in [7, 11) is 0. The SMILES string of the molecule is CCCO[C@@H]1CCC[C@H](N2CCC(n3c(=O)[nH]c4cc(F)c(C)cc43)CC2)C1. The summed E-state index contributed by atoms with van der Waals surface area (Å²) in [5.74, 6) is -0.270. The van der Waals surface area contributed by atoms with Crippen molar-refractivity contribution in [2.24, 2.45) is 0 Å². The molecule has 28 heavy (non-hydrogen) atoms.